The van der Waals surface area contributed by atoms with E-state index in [0.717, 1.165) is 0 Å². The average Bonchev–Trinajstić information content (AvgIpc) is 3.03. The van der Waals surface area contributed by atoms with Gasteiger partial charge in [-0.3, -0.25) is 0 Å². The number of phenolic OH excluding ortho intramolecular Hbond substituents is 1. The van der Waals surface area contributed by atoms with Crippen LogP contribution in [0.15, 0.2) is 86.0 Å². The third kappa shape index (κ3) is 7.90. The van der Waals surface area contributed by atoms with E-state index < -0.39 is 34.4 Å². The minimum Gasteiger partial charge on any atom is -0.505 e. The monoisotopic (exact) mass is 659 g/mol. The van der Waals surface area contributed by atoms with Gasteiger partial charge >= 0.3 is 18.1 Å². The molecule has 0 amide bonds. The maximum Gasteiger partial charge on any atom is 0.499 e. The van der Waals surface area contributed by atoms with Crippen molar-refractivity contribution in [3.8, 4) is 17.2 Å². The molecule has 0 heterocycles. The molecule has 0 spiro atoms. The van der Waals surface area contributed by atoms with E-state index in [1.807, 2.05) is 0 Å². The molecule has 1 atom stereocenters. The molecule has 8 N–H and O–H groups in total. The first-order valence-electron chi connectivity index (χ1n) is 12.9. The number of aromatic hydroxyl groups is 1. The van der Waals surface area contributed by atoms with E-state index in [9.17, 15) is 18.1 Å². The van der Waals surface area contributed by atoms with Crippen molar-refractivity contribution in [3.05, 3.63) is 60.7 Å². The van der Waals surface area contributed by atoms with Crippen molar-refractivity contribution in [1.29, 1.82) is 0 Å². The van der Waals surface area contributed by atoms with Gasteiger partial charge in [0.1, 0.15) is 33.5 Å². The molecule has 1 unspecified atom stereocenters. The number of fused-ring (bicyclic) bond motifs is 1. The smallest absolute Gasteiger partial charge is 0.499 e. The van der Waals surface area contributed by atoms with Gasteiger partial charge in [0.05, 0.1) is 24.2 Å². The Bertz CT molecular complexity index is 1890. The van der Waals surface area contributed by atoms with Crippen LogP contribution in [0.1, 0.15) is 13.8 Å². The Morgan fingerprint density at radius 2 is 1.56 bits per heavy atom. The van der Waals surface area contributed by atoms with Gasteiger partial charge in [0.15, 0.2) is 5.75 Å². The van der Waals surface area contributed by atoms with E-state index in [1.165, 1.54) is 42.5 Å². The van der Waals surface area contributed by atoms with Crippen LogP contribution in [0.2, 0.25) is 0 Å². The van der Waals surface area contributed by atoms with Gasteiger partial charge < -0.3 is 20.3 Å². The van der Waals surface area contributed by atoms with E-state index >= 15 is 0 Å². The van der Waals surface area contributed by atoms with Crippen molar-refractivity contribution in [3.63, 3.8) is 0 Å². The first kappa shape index (κ1) is 33.2. The number of benzene rings is 4. The summed E-state index contributed by atoms with van der Waals surface area (Å²) in [4.78, 5) is 7.68. The van der Waals surface area contributed by atoms with Crippen molar-refractivity contribution in [2.75, 3.05) is 18.9 Å². The Labute approximate surface area is 257 Å². The number of rotatable bonds is 14. The lowest BCUT2D eigenvalue weighted by Crippen LogP contribution is -2.14. The Kier molecular flexibility index (Phi) is 11.0. The first-order valence-corrected chi connectivity index (χ1v) is 15.6. The maximum atomic E-state index is 12.7. The lowest BCUT2D eigenvalue weighted by atomic mass is 10.1. The SMILES string of the molecule is CCOc1cc(N=Nc2c(S(=O)(=O)ON)cc3ccc(N)cc3c2O)c(OCC)cc1N=Nc1cccc([P+](=O)NOON)c1. The highest BCUT2D eigenvalue weighted by atomic mass is 32.2. The van der Waals surface area contributed by atoms with Crippen LogP contribution in [-0.4, -0.2) is 26.7 Å². The van der Waals surface area contributed by atoms with E-state index in [2.05, 4.69) is 40.0 Å². The maximum absolute atomic E-state index is 12.7. The van der Waals surface area contributed by atoms with Crippen LogP contribution >= 0.6 is 7.95 Å². The minimum atomic E-state index is -4.54. The number of ether oxygens (including phenoxy) is 2. The quantitative estimate of drug-likeness (QED) is 0.0392. The molecule has 236 valence electrons. The number of hydrogen-bond acceptors (Lipinski definition) is 16. The molecule has 0 bridgehead atoms. The second-order valence-electron chi connectivity index (χ2n) is 8.74. The molecule has 0 aliphatic carbocycles. The molecule has 0 aliphatic rings. The van der Waals surface area contributed by atoms with Gasteiger partial charge in [0.2, 0.25) is 5.30 Å². The van der Waals surface area contributed by atoms with Gasteiger partial charge in [-0.15, -0.1) is 20.3 Å². The van der Waals surface area contributed by atoms with Crippen molar-refractivity contribution >= 4 is 62.6 Å². The fourth-order valence-corrected chi connectivity index (χ4v) is 5.38. The Hall–Kier alpha value is -4.65. The molecule has 0 aromatic heterocycles. The standard InChI is InChI=1S/C26H27N8O9PS/c1-3-39-22-14-21(32-33-25-24(45(37,38)42-29)10-15-8-9-16(27)11-19(15)26(25)35)23(40-4-2)13-20(22)31-30-17-6-5-7-18(12-17)44(36)34-43-41-28/h5-14H,3-4,28-29H2,1-2H3,(H3-,27,30,31,32,33,34,35,36)/p+1. The van der Waals surface area contributed by atoms with Gasteiger partial charge in [-0.05, 0) is 54.1 Å². The summed E-state index contributed by atoms with van der Waals surface area (Å²) in [6.07, 6.45) is 0. The topological polar surface area (TPSA) is 257 Å². The van der Waals surface area contributed by atoms with Gasteiger partial charge in [-0.1, -0.05) is 17.1 Å². The second-order valence-corrected chi connectivity index (χ2v) is 11.6. The molecule has 4 rings (SSSR count). The average molecular weight is 660 g/mol. The Morgan fingerprint density at radius 3 is 2.18 bits per heavy atom. The van der Waals surface area contributed by atoms with Gasteiger partial charge in [-0.2, -0.15) is 29.6 Å². The normalized spacial score (nSPS) is 12.3. The molecule has 0 radical (unpaired) electrons. The number of anilines is 1. The molecule has 0 saturated heterocycles. The third-order valence-electron chi connectivity index (χ3n) is 5.88. The van der Waals surface area contributed by atoms with Crippen molar-refractivity contribution in [2.24, 2.45) is 32.3 Å². The highest BCUT2D eigenvalue weighted by Crippen LogP contribution is 2.45. The summed E-state index contributed by atoms with van der Waals surface area (Å²) < 4.78 is 53.3. The number of nitrogens with one attached hydrogen (secondary N) is 1. The number of nitrogens with two attached hydrogens (primary N) is 3. The summed E-state index contributed by atoms with van der Waals surface area (Å²) in [5.74, 6) is 9.68. The molecule has 4 aromatic carbocycles. The largest absolute Gasteiger partial charge is 0.505 e. The highest BCUT2D eigenvalue weighted by Gasteiger charge is 2.25. The zero-order chi connectivity index (χ0) is 32.6. The summed E-state index contributed by atoms with van der Waals surface area (Å²) in [7, 11) is -6.75. The van der Waals surface area contributed by atoms with E-state index in [-0.39, 0.29) is 41.5 Å². The Balaban J connectivity index is 1.79. The van der Waals surface area contributed by atoms with Crippen LogP contribution < -0.4 is 37.6 Å². The molecule has 45 heavy (non-hydrogen) atoms. The van der Waals surface area contributed by atoms with Crippen LogP contribution in [0, 0.1) is 0 Å². The Morgan fingerprint density at radius 1 is 0.889 bits per heavy atom. The first-order chi connectivity index (χ1) is 21.6. The molecule has 17 nitrogen and oxygen atoms in total. The van der Waals surface area contributed by atoms with Gasteiger partial charge in [0.25, 0.3) is 0 Å². The predicted molar refractivity (Wildman–Crippen MR) is 163 cm³/mol. The van der Waals surface area contributed by atoms with Gasteiger partial charge in [-0.25, -0.2) is 0 Å². The van der Waals surface area contributed by atoms with Gasteiger partial charge in [0, 0.05) is 29.3 Å². The van der Waals surface area contributed by atoms with E-state index in [1.54, 1.807) is 32.0 Å². The second kappa shape index (κ2) is 14.9. The fourth-order valence-electron chi connectivity index (χ4n) is 3.94. The zero-order valence-electron chi connectivity index (χ0n) is 23.8. The molecule has 0 aliphatic heterocycles. The number of nitrogens with zero attached hydrogens (tertiary/aromatic N) is 4. The van der Waals surface area contributed by atoms with Crippen LogP contribution in [0.4, 0.5) is 28.4 Å². The third-order valence-corrected chi connectivity index (χ3v) is 7.97. The lowest BCUT2D eigenvalue weighted by molar-refractivity contribution is -0.322. The van der Waals surface area contributed by atoms with E-state index in [0.29, 0.717) is 22.1 Å². The summed E-state index contributed by atoms with van der Waals surface area (Å²) in [6.45, 7) is 3.94. The van der Waals surface area contributed by atoms with Crippen LogP contribution in [0.5, 0.6) is 17.2 Å². The molecular formula is C26H28N8O9PS+. The molecule has 0 saturated carbocycles. The van der Waals surface area contributed by atoms with Crippen molar-refractivity contribution in [2.45, 2.75) is 18.7 Å². The summed E-state index contributed by atoms with van der Waals surface area (Å²) in [5, 5.41) is 30.7. The molecule has 0 fully saturated rings. The van der Waals surface area contributed by atoms with Crippen LogP contribution in [0.25, 0.3) is 10.8 Å². The number of nitrogen functional groups attached to an aromatic ring is 1. The van der Waals surface area contributed by atoms with Crippen molar-refractivity contribution in [1.82, 2.24) is 5.25 Å². The van der Waals surface area contributed by atoms with E-state index in [4.69, 9.17) is 27.0 Å². The molecular weight excluding hydrogens is 631 g/mol. The fraction of sp³-hybridized carbons (Fsp3) is 0.154. The summed E-state index contributed by atoms with van der Waals surface area (Å²) >= 11 is 0. The summed E-state index contributed by atoms with van der Waals surface area (Å²) in [6, 6.07) is 15.0. The zero-order valence-corrected chi connectivity index (χ0v) is 25.5. The lowest BCUT2D eigenvalue weighted by Gasteiger charge is -2.13. The minimum absolute atomic E-state index is 0.107. The highest BCUT2D eigenvalue weighted by molar-refractivity contribution is 7.86. The number of hydrogen-bond donors (Lipinski definition) is 5. The number of phenols is 1. The predicted octanol–water partition coefficient (Wildman–Crippen LogP) is 5.03. The number of azo groups is 2. The van der Waals surface area contributed by atoms with Crippen LogP contribution in [0.3, 0.4) is 0 Å². The molecule has 19 heteroatoms. The molecule has 4 aromatic rings. The van der Waals surface area contributed by atoms with Crippen molar-refractivity contribution < 1.29 is 41.8 Å². The van der Waals surface area contributed by atoms with Crippen LogP contribution in [-0.2, 0) is 28.9 Å². The summed E-state index contributed by atoms with van der Waals surface area (Å²) in [5.41, 5.74) is 6.44.